The normalized spacial score (nSPS) is 27.6. The van der Waals surface area contributed by atoms with Crippen molar-refractivity contribution in [3.05, 3.63) is 0 Å². The van der Waals surface area contributed by atoms with Gasteiger partial charge in [-0.2, -0.15) is 0 Å². The summed E-state index contributed by atoms with van der Waals surface area (Å²) in [6, 6.07) is 0. The Labute approximate surface area is 193 Å². The molecule has 2 rings (SSSR count). The number of carbonyl (C=O) groups is 1. The first-order chi connectivity index (χ1) is 15.1. The van der Waals surface area contributed by atoms with Gasteiger partial charge in [0.1, 0.15) is 12.2 Å². The Hall–Kier alpha value is -0.730. The first kappa shape index (κ1) is 26.5. The molecule has 0 aliphatic heterocycles. The summed E-state index contributed by atoms with van der Waals surface area (Å²) < 4.78 is 11.1. The van der Waals surface area contributed by atoms with Crippen molar-refractivity contribution >= 4 is 6.16 Å². The van der Waals surface area contributed by atoms with Crippen LogP contribution in [0, 0.1) is 17.8 Å². The van der Waals surface area contributed by atoms with E-state index in [-0.39, 0.29) is 12.2 Å². The molecule has 0 spiro atoms. The average molecular weight is 437 g/mol. The van der Waals surface area contributed by atoms with Gasteiger partial charge in [0.05, 0.1) is 0 Å². The zero-order valence-corrected chi connectivity index (χ0v) is 21.0. The van der Waals surface area contributed by atoms with Gasteiger partial charge in [-0.25, -0.2) is 4.79 Å². The Morgan fingerprint density at radius 2 is 1.29 bits per heavy atom. The topological polar surface area (TPSA) is 35.5 Å². The van der Waals surface area contributed by atoms with Crippen LogP contribution in [0.25, 0.3) is 0 Å². The van der Waals surface area contributed by atoms with E-state index in [4.69, 9.17) is 9.47 Å². The quantitative estimate of drug-likeness (QED) is 0.201. The molecule has 3 heteroatoms. The van der Waals surface area contributed by atoms with Crippen LogP contribution in [0.1, 0.15) is 143 Å². The Balaban J connectivity index is 1.54. The Kier molecular flexibility index (Phi) is 13.7. The highest BCUT2D eigenvalue weighted by Gasteiger charge is 2.32. The minimum Gasteiger partial charge on any atom is -0.431 e. The molecular formula is C28H52O3. The zero-order valence-electron chi connectivity index (χ0n) is 21.0. The lowest BCUT2D eigenvalue weighted by molar-refractivity contribution is -0.0174. The fourth-order valence-corrected chi connectivity index (χ4v) is 5.91. The average Bonchev–Trinajstić information content (AvgIpc) is 2.77. The van der Waals surface area contributed by atoms with Crippen molar-refractivity contribution in [2.45, 2.75) is 155 Å². The number of carbonyl (C=O) groups excluding carboxylic acids is 1. The van der Waals surface area contributed by atoms with Crippen molar-refractivity contribution in [2.24, 2.45) is 17.8 Å². The third kappa shape index (κ3) is 11.1. The van der Waals surface area contributed by atoms with Gasteiger partial charge < -0.3 is 9.47 Å². The van der Waals surface area contributed by atoms with Crippen molar-refractivity contribution in [1.82, 2.24) is 0 Å². The predicted molar refractivity (Wildman–Crippen MR) is 130 cm³/mol. The van der Waals surface area contributed by atoms with E-state index in [9.17, 15) is 4.79 Å². The number of unbranched alkanes of at least 4 members (excludes halogenated alkanes) is 7. The van der Waals surface area contributed by atoms with Crippen LogP contribution in [-0.4, -0.2) is 18.4 Å². The third-order valence-corrected chi connectivity index (χ3v) is 8.02. The lowest BCUT2D eigenvalue weighted by Gasteiger charge is -2.37. The Morgan fingerprint density at radius 3 is 1.90 bits per heavy atom. The van der Waals surface area contributed by atoms with Gasteiger partial charge in [-0.1, -0.05) is 84.5 Å². The number of ether oxygens (including phenoxy) is 2. The molecule has 1 atom stereocenters. The van der Waals surface area contributed by atoms with Crippen LogP contribution in [0.3, 0.4) is 0 Å². The van der Waals surface area contributed by atoms with Crippen molar-refractivity contribution in [3.8, 4) is 0 Å². The van der Waals surface area contributed by atoms with Crippen molar-refractivity contribution < 1.29 is 14.3 Å². The van der Waals surface area contributed by atoms with Crippen molar-refractivity contribution in [1.29, 1.82) is 0 Å². The van der Waals surface area contributed by atoms with E-state index in [1.807, 2.05) is 6.92 Å². The number of rotatable bonds is 14. The van der Waals surface area contributed by atoms with E-state index >= 15 is 0 Å². The summed E-state index contributed by atoms with van der Waals surface area (Å²) in [5.74, 6) is 2.78. The van der Waals surface area contributed by atoms with Crippen LogP contribution < -0.4 is 0 Å². The SMILES string of the molecule is CCCCCCC[C@H]1CC[C@H]([C@H]2CC[C@H](OC(=O)O[C@H](C)CCCCCC)CC2)CC1. The Morgan fingerprint density at radius 1 is 0.742 bits per heavy atom. The summed E-state index contributed by atoms with van der Waals surface area (Å²) >= 11 is 0. The molecular weight excluding hydrogens is 384 g/mol. The van der Waals surface area contributed by atoms with Gasteiger partial charge in [0.25, 0.3) is 0 Å². The lowest BCUT2D eigenvalue weighted by Crippen LogP contribution is -2.30. The highest BCUT2D eigenvalue weighted by Crippen LogP contribution is 2.41. The smallest absolute Gasteiger partial charge is 0.431 e. The van der Waals surface area contributed by atoms with Crippen LogP contribution in [0.2, 0.25) is 0 Å². The molecule has 0 saturated heterocycles. The summed E-state index contributed by atoms with van der Waals surface area (Å²) in [7, 11) is 0. The van der Waals surface area contributed by atoms with E-state index in [1.165, 1.54) is 96.3 Å². The molecule has 2 aliphatic carbocycles. The molecule has 0 bridgehead atoms. The van der Waals surface area contributed by atoms with Gasteiger partial charge in [0.2, 0.25) is 0 Å². The standard InChI is InChI=1S/C28H52O3/c1-4-6-8-10-12-14-24-15-17-25(18-16-24)26-19-21-27(22-20-26)31-28(29)30-23(3)13-11-9-7-5-2/h23-27H,4-22H2,1-3H3/t23-,24-,25-,26-,27-/m1/s1. The molecule has 0 N–H and O–H groups in total. The molecule has 0 unspecified atom stereocenters. The summed E-state index contributed by atoms with van der Waals surface area (Å²) in [4.78, 5) is 12.1. The van der Waals surface area contributed by atoms with Crippen LogP contribution in [0.5, 0.6) is 0 Å². The molecule has 2 fully saturated rings. The lowest BCUT2D eigenvalue weighted by atomic mass is 9.70. The number of hydrogen-bond donors (Lipinski definition) is 0. The maximum atomic E-state index is 12.1. The first-order valence-electron chi connectivity index (χ1n) is 14.0. The molecule has 0 aromatic rings. The largest absolute Gasteiger partial charge is 0.508 e. The van der Waals surface area contributed by atoms with Gasteiger partial charge in [-0.15, -0.1) is 0 Å². The number of hydrogen-bond acceptors (Lipinski definition) is 3. The molecule has 0 aromatic carbocycles. The van der Waals surface area contributed by atoms with E-state index < -0.39 is 6.16 Å². The van der Waals surface area contributed by atoms with Crippen LogP contribution in [-0.2, 0) is 9.47 Å². The summed E-state index contributed by atoms with van der Waals surface area (Å²) in [5, 5.41) is 0. The maximum Gasteiger partial charge on any atom is 0.508 e. The van der Waals surface area contributed by atoms with E-state index in [2.05, 4.69) is 13.8 Å². The molecule has 2 saturated carbocycles. The second-order valence-corrected chi connectivity index (χ2v) is 10.7. The Bertz CT molecular complexity index is 447. The van der Waals surface area contributed by atoms with Crippen LogP contribution in [0.15, 0.2) is 0 Å². The predicted octanol–water partition coefficient (Wildman–Crippen LogP) is 9.22. The molecule has 0 heterocycles. The fourth-order valence-electron chi connectivity index (χ4n) is 5.91. The second-order valence-electron chi connectivity index (χ2n) is 10.7. The molecule has 182 valence electrons. The van der Waals surface area contributed by atoms with Gasteiger partial charge in [0, 0.05) is 0 Å². The molecule has 0 aromatic heterocycles. The van der Waals surface area contributed by atoms with Crippen molar-refractivity contribution in [3.63, 3.8) is 0 Å². The highest BCUT2D eigenvalue weighted by atomic mass is 16.7. The molecule has 31 heavy (non-hydrogen) atoms. The fraction of sp³-hybridized carbons (Fsp3) is 0.964. The summed E-state index contributed by atoms with van der Waals surface area (Å²) in [6.07, 6.45) is 24.3. The minimum atomic E-state index is -0.439. The monoisotopic (exact) mass is 436 g/mol. The van der Waals surface area contributed by atoms with Crippen LogP contribution >= 0.6 is 0 Å². The first-order valence-corrected chi connectivity index (χ1v) is 14.0. The van der Waals surface area contributed by atoms with Gasteiger partial charge in [-0.3, -0.25) is 0 Å². The highest BCUT2D eigenvalue weighted by molar-refractivity contribution is 5.60. The van der Waals surface area contributed by atoms with E-state index in [1.54, 1.807) is 0 Å². The minimum absolute atomic E-state index is 0.0254. The molecule has 2 aliphatic rings. The molecule has 0 radical (unpaired) electrons. The third-order valence-electron chi connectivity index (χ3n) is 8.02. The van der Waals surface area contributed by atoms with Gasteiger partial charge >= 0.3 is 6.16 Å². The van der Waals surface area contributed by atoms with Gasteiger partial charge in [0.15, 0.2) is 0 Å². The maximum absolute atomic E-state index is 12.1. The van der Waals surface area contributed by atoms with Crippen molar-refractivity contribution in [2.75, 3.05) is 0 Å². The van der Waals surface area contributed by atoms with E-state index in [0.29, 0.717) is 0 Å². The summed E-state index contributed by atoms with van der Waals surface area (Å²) in [5.41, 5.74) is 0. The van der Waals surface area contributed by atoms with Crippen LogP contribution in [0.4, 0.5) is 4.79 Å². The summed E-state index contributed by atoms with van der Waals surface area (Å²) in [6.45, 7) is 6.50. The second kappa shape index (κ2) is 16.0. The molecule has 0 amide bonds. The van der Waals surface area contributed by atoms with E-state index in [0.717, 1.165) is 43.4 Å². The zero-order chi connectivity index (χ0) is 22.3. The molecule has 3 nitrogen and oxygen atoms in total. The van der Waals surface area contributed by atoms with Gasteiger partial charge in [-0.05, 0) is 76.0 Å².